The molecule has 1 heterocycles. The summed E-state index contributed by atoms with van der Waals surface area (Å²) >= 11 is 6.60. The number of thiophene rings is 1. The first-order valence-corrected chi connectivity index (χ1v) is 7.97. The molecular weight excluding hydrogens is 330 g/mol. The Kier molecular flexibility index (Phi) is 4.28. The zero-order valence-corrected chi connectivity index (χ0v) is 12.2. The largest absolute Gasteiger partial charge is 0.326 e. The smallest absolute Gasteiger partial charge is 0.271 e. The molecule has 2 aromatic rings. The monoisotopic (exact) mass is 338 g/mol. The second-order valence-electron chi connectivity index (χ2n) is 3.77. The fourth-order valence-electron chi connectivity index (χ4n) is 1.44. The Morgan fingerprint density at radius 2 is 2.00 bits per heavy atom. The molecule has 0 atom stereocenters. The van der Waals surface area contributed by atoms with Gasteiger partial charge in [-0.2, -0.15) is 0 Å². The molecule has 0 bridgehead atoms. The fourth-order valence-corrected chi connectivity index (χ4v) is 4.06. The molecular formula is C11H9ClF2N2O2S2. The number of nitrogens with two attached hydrogens (primary N) is 1. The Balaban J connectivity index is 2.38. The number of hydrogen-bond acceptors (Lipinski definition) is 4. The first-order valence-electron chi connectivity index (χ1n) is 5.29. The van der Waals surface area contributed by atoms with Crippen molar-refractivity contribution in [1.29, 1.82) is 0 Å². The third-order valence-electron chi connectivity index (χ3n) is 2.35. The van der Waals surface area contributed by atoms with Gasteiger partial charge in [-0.1, -0.05) is 11.6 Å². The molecule has 0 unspecified atom stereocenters. The Hall–Kier alpha value is -1.22. The number of halogens is 3. The number of nitrogens with one attached hydrogen (secondary N) is 1. The molecule has 0 aliphatic carbocycles. The lowest BCUT2D eigenvalue weighted by molar-refractivity contribution is 0.583. The van der Waals surface area contributed by atoms with Crippen LogP contribution in [0.1, 0.15) is 4.88 Å². The highest BCUT2D eigenvalue weighted by atomic mass is 35.5. The van der Waals surface area contributed by atoms with E-state index in [1.54, 1.807) is 6.07 Å². The van der Waals surface area contributed by atoms with E-state index in [1.165, 1.54) is 6.07 Å². The van der Waals surface area contributed by atoms with Crippen LogP contribution in [0, 0.1) is 11.6 Å². The van der Waals surface area contributed by atoms with Crippen molar-refractivity contribution in [3.63, 3.8) is 0 Å². The van der Waals surface area contributed by atoms with Crippen molar-refractivity contribution in [3.05, 3.63) is 45.8 Å². The molecule has 0 spiro atoms. The normalized spacial score (nSPS) is 11.6. The molecule has 0 radical (unpaired) electrons. The van der Waals surface area contributed by atoms with Crippen LogP contribution in [0.5, 0.6) is 0 Å². The molecule has 0 aliphatic heterocycles. The minimum absolute atomic E-state index is 0.0299. The van der Waals surface area contributed by atoms with Crippen molar-refractivity contribution in [2.45, 2.75) is 10.8 Å². The first-order chi connectivity index (χ1) is 9.33. The van der Waals surface area contributed by atoms with E-state index in [9.17, 15) is 17.2 Å². The molecule has 0 saturated carbocycles. The number of rotatable bonds is 4. The van der Waals surface area contributed by atoms with Crippen molar-refractivity contribution >= 4 is 38.6 Å². The maximum Gasteiger partial charge on any atom is 0.271 e. The first kappa shape index (κ1) is 15.2. The van der Waals surface area contributed by atoms with E-state index >= 15 is 0 Å². The number of sulfonamides is 1. The minimum atomic E-state index is -3.99. The van der Waals surface area contributed by atoms with Gasteiger partial charge in [0.2, 0.25) is 0 Å². The van der Waals surface area contributed by atoms with Crippen molar-refractivity contribution < 1.29 is 17.2 Å². The highest BCUT2D eigenvalue weighted by molar-refractivity contribution is 7.94. The third-order valence-corrected chi connectivity index (χ3v) is 5.59. The van der Waals surface area contributed by atoms with Crippen LogP contribution in [0.25, 0.3) is 0 Å². The minimum Gasteiger partial charge on any atom is -0.326 e. The lowest BCUT2D eigenvalue weighted by atomic mass is 10.3. The van der Waals surface area contributed by atoms with Crippen LogP contribution < -0.4 is 10.5 Å². The van der Waals surface area contributed by atoms with Crippen LogP contribution in [-0.4, -0.2) is 8.42 Å². The van der Waals surface area contributed by atoms with Gasteiger partial charge in [-0.25, -0.2) is 17.2 Å². The van der Waals surface area contributed by atoms with Crippen molar-refractivity contribution in [2.75, 3.05) is 4.72 Å². The molecule has 20 heavy (non-hydrogen) atoms. The molecule has 9 heteroatoms. The van der Waals surface area contributed by atoms with E-state index in [0.29, 0.717) is 10.9 Å². The fraction of sp³-hybridized carbons (Fsp3) is 0.0909. The van der Waals surface area contributed by atoms with E-state index in [-0.39, 0.29) is 15.8 Å². The van der Waals surface area contributed by atoms with Crippen molar-refractivity contribution in [2.24, 2.45) is 5.73 Å². The summed E-state index contributed by atoms with van der Waals surface area (Å²) in [5.74, 6) is -1.98. The summed E-state index contributed by atoms with van der Waals surface area (Å²) in [5.41, 5.74) is 4.91. The van der Waals surface area contributed by atoms with Gasteiger partial charge in [0.1, 0.15) is 15.7 Å². The van der Waals surface area contributed by atoms with Gasteiger partial charge in [0.05, 0.1) is 5.02 Å². The summed E-state index contributed by atoms with van der Waals surface area (Å²) in [6.45, 7) is 0.200. The molecule has 0 amide bonds. The predicted molar refractivity (Wildman–Crippen MR) is 74.4 cm³/mol. The van der Waals surface area contributed by atoms with Gasteiger partial charge in [0, 0.05) is 17.5 Å². The molecule has 108 valence electrons. The van der Waals surface area contributed by atoms with Crippen molar-refractivity contribution in [1.82, 2.24) is 0 Å². The van der Waals surface area contributed by atoms with Crippen molar-refractivity contribution in [3.8, 4) is 0 Å². The lowest BCUT2D eigenvalue weighted by Crippen LogP contribution is -2.13. The number of hydrogen-bond donors (Lipinski definition) is 2. The molecule has 2 rings (SSSR count). The van der Waals surface area contributed by atoms with Gasteiger partial charge in [-0.3, -0.25) is 4.72 Å². The second-order valence-corrected chi connectivity index (χ2v) is 7.26. The Morgan fingerprint density at radius 1 is 1.30 bits per heavy atom. The standard InChI is InChI=1S/C11H9ClF2N2O2S2/c12-8-3-6(13)4-9(14)11(8)16-20(17,18)10-2-1-7(5-15)19-10/h1-4,16H,5,15H2. The van der Waals surface area contributed by atoms with Gasteiger partial charge in [0.25, 0.3) is 10.0 Å². The zero-order chi connectivity index (χ0) is 14.9. The molecule has 1 aromatic carbocycles. The van der Waals surface area contributed by atoms with Crippen LogP contribution in [0.2, 0.25) is 5.02 Å². The average molecular weight is 339 g/mol. The van der Waals surface area contributed by atoms with Crippen LogP contribution in [0.4, 0.5) is 14.5 Å². The molecule has 0 saturated heterocycles. The average Bonchev–Trinajstić information content (AvgIpc) is 2.83. The second kappa shape index (κ2) is 5.65. The SMILES string of the molecule is NCc1ccc(S(=O)(=O)Nc2c(F)cc(F)cc2Cl)s1. The van der Waals surface area contributed by atoms with Gasteiger partial charge >= 0.3 is 0 Å². The van der Waals surface area contributed by atoms with E-state index in [4.69, 9.17) is 17.3 Å². The van der Waals surface area contributed by atoms with E-state index in [2.05, 4.69) is 0 Å². The van der Waals surface area contributed by atoms with Gasteiger partial charge < -0.3 is 5.73 Å². The molecule has 0 aliphatic rings. The molecule has 0 fully saturated rings. The summed E-state index contributed by atoms with van der Waals surface area (Å²) in [5, 5.41) is -0.360. The van der Waals surface area contributed by atoms with Gasteiger partial charge in [0.15, 0.2) is 5.82 Å². The molecule has 3 N–H and O–H groups in total. The van der Waals surface area contributed by atoms with E-state index < -0.39 is 27.3 Å². The van der Waals surface area contributed by atoms with Gasteiger partial charge in [-0.05, 0) is 18.2 Å². The molecule has 1 aromatic heterocycles. The number of benzene rings is 1. The Labute approximate surface area is 123 Å². The number of anilines is 1. The maximum atomic E-state index is 13.6. The quantitative estimate of drug-likeness (QED) is 0.900. The van der Waals surface area contributed by atoms with E-state index in [1.807, 2.05) is 4.72 Å². The summed E-state index contributed by atoms with van der Waals surface area (Å²) in [4.78, 5) is 0.663. The zero-order valence-electron chi connectivity index (χ0n) is 9.86. The molecule has 4 nitrogen and oxygen atoms in total. The predicted octanol–water partition coefficient (Wildman–Crippen LogP) is 2.94. The maximum absolute atomic E-state index is 13.6. The van der Waals surface area contributed by atoms with Gasteiger partial charge in [-0.15, -0.1) is 11.3 Å². The van der Waals surface area contributed by atoms with Crippen LogP contribution in [0.3, 0.4) is 0 Å². The van der Waals surface area contributed by atoms with Crippen LogP contribution in [0.15, 0.2) is 28.5 Å². The third kappa shape index (κ3) is 3.09. The lowest BCUT2D eigenvalue weighted by Gasteiger charge is -2.09. The topological polar surface area (TPSA) is 72.2 Å². The van der Waals surface area contributed by atoms with Crippen LogP contribution in [-0.2, 0) is 16.6 Å². The highest BCUT2D eigenvalue weighted by Crippen LogP contribution is 2.30. The van der Waals surface area contributed by atoms with E-state index in [0.717, 1.165) is 17.4 Å². The Morgan fingerprint density at radius 3 is 2.55 bits per heavy atom. The summed E-state index contributed by atoms with van der Waals surface area (Å²) in [7, 11) is -3.99. The van der Waals surface area contributed by atoms with Crippen LogP contribution >= 0.6 is 22.9 Å². The summed E-state index contributed by atoms with van der Waals surface area (Å²) in [6.07, 6.45) is 0. The highest BCUT2D eigenvalue weighted by Gasteiger charge is 2.21. The summed E-state index contributed by atoms with van der Waals surface area (Å²) in [6, 6.07) is 4.28. The Bertz CT molecular complexity index is 724. The summed E-state index contributed by atoms with van der Waals surface area (Å²) < 4.78 is 52.6.